The SMILES string of the molecule is CCCCCCCCCCCCCCCON(OCCCCCCCCCCCCCCC)C(N)=NCc1ccccc1.Cl. The van der Waals surface area contributed by atoms with Crippen molar-refractivity contribution in [1.82, 2.24) is 5.23 Å². The number of nitrogens with two attached hydrogens (primary N) is 1. The highest BCUT2D eigenvalue weighted by molar-refractivity contribution is 5.85. The molecule has 258 valence electrons. The first-order valence-electron chi connectivity index (χ1n) is 18.7. The van der Waals surface area contributed by atoms with Crippen LogP contribution in [0.2, 0.25) is 0 Å². The van der Waals surface area contributed by atoms with Crippen LogP contribution in [0.4, 0.5) is 0 Å². The van der Waals surface area contributed by atoms with Gasteiger partial charge in [-0.1, -0.05) is 204 Å². The van der Waals surface area contributed by atoms with Gasteiger partial charge in [-0.05, 0) is 18.4 Å². The summed E-state index contributed by atoms with van der Waals surface area (Å²) in [6.45, 7) is 6.31. The van der Waals surface area contributed by atoms with Gasteiger partial charge < -0.3 is 5.73 Å². The molecule has 0 bridgehead atoms. The average molecular weight is 638 g/mol. The lowest BCUT2D eigenvalue weighted by Crippen LogP contribution is -2.38. The topological polar surface area (TPSA) is 60.1 Å². The van der Waals surface area contributed by atoms with Crippen LogP contribution in [-0.4, -0.2) is 24.4 Å². The van der Waals surface area contributed by atoms with Crippen LogP contribution in [0.3, 0.4) is 0 Å². The van der Waals surface area contributed by atoms with Gasteiger partial charge in [0, 0.05) is 0 Å². The Bertz CT molecular complexity index is 687. The van der Waals surface area contributed by atoms with Crippen LogP contribution in [-0.2, 0) is 16.2 Å². The first kappa shape index (κ1) is 42.7. The molecule has 44 heavy (non-hydrogen) atoms. The molecule has 1 aromatic rings. The number of hydrogen-bond donors (Lipinski definition) is 1. The highest BCUT2D eigenvalue weighted by Gasteiger charge is 2.10. The lowest BCUT2D eigenvalue weighted by molar-refractivity contribution is -0.318. The van der Waals surface area contributed by atoms with E-state index in [4.69, 9.17) is 15.4 Å². The van der Waals surface area contributed by atoms with Crippen LogP contribution in [0.15, 0.2) is 35.3 Å². The Morgan fingerprint density at radius 2 is 0.841 bits per heavy atom. The summed E-state index contributed by atoms with van der Waals surface area (Å²) in [6.07, 6.45) is 34.8. The third-order valence-electron chi connectivity index (χ3n) is 8.37. The van der Waals surface area contributed by atoms with E-state index >= 15 is 0 Å². The number of benzene rings is 1. The maximum absolute atomic E-state index is 6.30. The molecule has 0 aliphatic heterocycles. The quantitative estimate of drug-likeness (QED) is 0.0369. The lowest BCUT2D eigenvalue weighted by Gasteiger charge is -2.21. The van der Waals surface area contributed by atoms with E-state index in [-0.39, 0.29) is 12.4 Å². The molecule has 0 heterocycles. The molecule has 0 spiro atoms. The van der Waals surface area contributed by atoms with Gasteiger partial charge in [0.05, 0.1) is 19.8 Å². The van der Waals surface area contributed by atoms with Crippen LogP contribution < -0.4 is 5.73 Å². The Morgan fingerprint density at radius 1 is 0.523 bits per heavy atom. The summed E-state index contributed by atoms with van der Waals surface area (Å²) in [5, 5.41) is 1.38. The third-order valence-corrected chi connectivity index (χ3v) is 8.37. The number of aliphatic imine (C=N–C) groups is 1. The van der Waals surface area contributed by atoms with E-state index in [1.165, 1.54) is 159 Å². The summed E-state index contributed by atoms with van der Waals surface area (Å²) >= 11 is 0. The fourth-order valence-electron chi connectivity index (χ4n) is 5.52. The minimum atomic E-state index is 0. The van der Waals surface area contributed by atoms with Gasteiger partial charge in [0.1, 0.15) is 0 Å². The van der Waals surface area contributed by atoms with Crippen molar-refractivity contribution >= 4 is 18.4 Å². The van der Waals surface area contributed by atoms with Gasteiger partial charge >= 0.3 is 0 Å². The molecule has 2 N–H and O–H groups in total. The molecule has 6 heteroatoms. The molecule has 0 saturated heterocycles. The van der Waals surface area contributed by atoms with E-state index in [0.717, 1.165) is 18.4 Å². The largest absolute Gasteiger partial charge is 0.366 e. The molecule has 0 radical (unpaired) electrons. The standard InChI is InChI=1S/C38H71N3O2.ClH/c1-3-5-7-9-11-13-15-17-19-21-23-25-30-34-42-41(38(39)40-36-37-32-28-27-29-33-37)43-35-31-26-24-22-20-18-16-14-12-10-8-6-4-2;/h27-29,32-33H,3-26,30-31,34-36H2,1-2H3,(H2,39,40);1H. The fourth-order valence-corrected chi connectivity index (χ4v) is 5.52. The van der Waals surface area contributed by atoms with Gasteiger partial charge in [-0.2, -0.15) is 0 Å². The molecular formula is C38H72ClN3O2. The van der Waals surface area contributed by atoms with E-state index in [1.54, 1.807) is 0 Å². The van der Waals surface area contributed by atoms with Crippen LogP contribution in [0.1, 0.15) is 186 Å². The van der Waals surface area contributed by atoms with E-state index in [2.05, 4.69) is 31.0 Å². The van der Waals surface area contributed by atoms with Crippen molar-refractivity contribution in [3.63, 3.8) is 0 Å². The van der Waals surface area contributed by atoms with Gasteiger partial charge in [0.15, 0.2) is 0 Å². The molecule has 0 unspecified atom stereocenters. The molecule has 0 amide bonds. The molecule has 0 aliphatic carbocycles. The van der Waals surface area contributed by atoms with E-state index in [9.17, 15) is 0 Å². The van der Waals surface area contributed by atoms with Crippen molar-refractivity contribution in [2.24, 2.45) is 10.7 Å². The molecule has 5 nitrogen and oxygen atoms in total. The predicted octanol–water partition coefficient (Wildman–Crippen LogP) is 12.3. The predicted molar refractivity (Wildman–Crippen MR) is 194 cm³/mol. The van der Waals surface area contributed by atoms with E-state index in [1.807, 2.05) is 18.2 Å². The summed E-state index contributed by atoms with van der Waals surface area (Å²) in [4.78, 5) is 16.5. The van der Waals surface area contributed by atoms with Crippen LogP contribution in [0.25, 0.3) is 0 Å². The molecule has 0 saturated carbocycles. The molecular weight excluding hydrogens is 566 g/mol. The number of guanidine groups is 1. The molecule has 1 aromatic carbocycles. The summed E-state index contributed by atoms with van der Waals surface area (Å²) in [7, 11) is 0. The van der Waals surface area contributed by atoms with E-state index in [0.29, 0.717) is 25.7 Å². The average Bonchev–Trinajstić information content (AvgIpc) is 3.03. The second-order valence-electron chi connectivity index (χ2n) is 12.6. The number of rotatable bonds is 32. The molecule has 0 aromatic heterocycles. The second-order valence-corrected chi connectivity index (χ2v) is 12.6. The van der Waals surface area contributed by atoms with Crippen molar-refractivity contribution in [2.75, 3.05) is 13.2 Å². The number of hydrogen-bond acceptors (Lipinski definition) is 3. The maximum atomic E-state index is 6.30. The van der Waals surface area contributed by atoms with Crippen molar-refractivity contribution in [3.8, 4) is 0 Å². The molecule has 0 fully saturated rings. The Labute approximate surface area is 279 Å². The third kappa shape index (κ3) is 28.2. The maximum Gasteiger partial charge on any atom is 0.244 e. The van der Waals surface area contributed by atoms with Crippen molar-refractivity contribution in [3.05, 3.63) is 35.9 Å². The lowest BCUT2D eigenvalue weighted by atomic mass is 10.0. The van der Waals surface area contributed by atoms with Crippen molar-refractivity contribution in [1.29, 1.82) is 0 Å². The highest BCUT2D eigenvalue weighted by atomic mass is 35.5. The van der Waals surface area contributed by atoms with Crippen LogP contribution >= 0.6 is 12.4 Å². The zero-order valence-corrected chi connectivity index (χ0v) is 29.9. The van der Waals surface area contributed by atoms with Gasteiger partial charge in [-0.15, -0.1) is 12.4 Å². The molecule has 0 atom stereocenters. The summed E-state index contributed by atoms with van der Waals surface area (Å²) in [5.74, 6) is 0.299. The van der Waals surface area contributed by atoms with Crippen LogP contribution in [0, 0.1) is 0 Å². The van der Waals surface area contributed by atoms with E-state index < -0.39 is 0 Å². The molecule has 0 aliphatic rings. The Morgan fingerprint density at radius 3 is 1.18 bits per heavy atom. The molecule has 1 rings (SSSR count). The van der Waals surface area contributed by atoms with Gasteiger partial charge in [0.25, 0.3) is 0 Å². The van der Waals surface area contributed by atoms with Crippen molar-refractivity contribution < 1.29 is 9.68 Å². The van der Waals surface area contributed by atoms with Gasteiger partial charge in [0.2, 0.25) is 5.96 Å². The smallest absolute Gasteiger partial charge is 0.244 e. The number of unbranched alkanes of at least 4 members (excludes halogenated alkanes) is 24. The monoisotopic (exact) mass is 638 g/mol. The van der Waals surface area contributed by atoms with Gasteiger partial charge in [-0.3, -0.25) is 0 Å². The Hall–Kier alpha value is -1.30. The first-order chi connectivity index (χ1) is 21.3. The van der Waals surface area contributed by atoms with Gasteiger partial charge in [-0.25, -0.2) is 14.7 Å². The van der Waals surface area contributed by atoms with Crippen LogP contribution in [0.5, 0.6) is 0 Å². The number of hydroxylamine groups is 2. The Kier molecular flexibility index (Phi) is 33.5. The first-order valence-corrected chi connectivity index (χ1v) is 18.7. The summed E-state index contributed by atoms with van der Waals surface area (Å²) < 4.78 is 0. The number of halogens is 1. The minimum absolute atomic E-state index is 0. The number of nitrogens with zero attached hydrogens (tertiary/aromatic N) is 2. The van der Waals surface area contributed by atoms with Crippen molar-refractivity contribution in [2.45, 2.75) is 187 Å². The zero-order chi connectivity index (χ0) is 30.9. The fraction of sp³-hybridized carbons (Fsp3) is 0.816. The Balaban J connectivity index is 0.0000185. The summed E-state index contributed by atoms with van der Waals surface area (Å²) in [5.41, 5.74) is 7.42. The minimum Gasteiger partial charge on any atom is -0.366 e. The second kappa shape index (κ2) is 34.6. The normalized spacial score (nSPS) is 11.5. The zero-order valence-electron chi connectivity index (χ0n) is 29.1. The highest BCUT2D eigenvalue weighted by Crippen LogP contribution is 2.14. The summed E-state index contributed by atoms with van der Waals surface area (Å²) in [6, 6.07) is 10.2.